The molecule has 0 aliphatic carbocycles. The van der Waals surface area contributed by atoms with Gasteiger partial charge >= 0.3 is 0 Å². The fraction of sp³-hybridized carbons (Fsp3) is 0.364. The summed E-state index contributed by atoms with van der Waals surface area (Å²) in [5, 5.41) is 18.2. The van der Waals surface area contributed by atoms with Crippen LogP contribution in [-0.4, -0.2) is 38.1 Å². The molecule has 0 unspecified atom stereocenters. The van der Waals surface area contributed by atoms with Crippen molar-refractivity contribution in [3.05, 3.63) is 53.8 Å². The first-order chi connectivity index (χ1) is 15.2. The Morgan fingerprint density at radius 1 is 0.935 bits per heavy atom. The van der Waals surface area contributed by atoms with Gasteiger partial charge in [0.25, 0.3) is 5.89 Å². The number of furan rings is 1. The first kappa shape index (κ1) is 19.9. The van der Waals surface area contributed by atoms with Gasteiger partial charge in [-0.3, -0.25) is 4.57 Å². The lowest BCUT2D eigenvalue weighted by molar-refractivity contribution is 0.499. The molecule has 0 atom stereocenters. The highest BCUT2D eigenvalue weighted by Gasteiger charge is 2.22. The minimum atomic E-state index is 0.475. The number of thioether (sulfide) groups is 1. The van der Waals surface area contributed by atoms with Gasteiger partial charge in [-0.25, -0.2) is 0 Å². The van der Waals surface area contributed by atoms with Gasteiger partial charge < -0.3 is 13.7 Å². The van der Waals surface area contributed by atoms with Gasteiger partial charge in [0.05, 0.1) is 17.0 Å². The van der Waals surface area contributed by atoms with Crippen molar-refractivity contribution in [2.75, 3.05) is 18.0 Å². The maximum atomic E-state index is 5.88. The van der Waals surface area contributed by atoms with E-state index < -0.39 is 0 Å². The summed E-state index contributed by atoms with van der Waals surface area (Å²) in [5.74, 6) is 4.01. The minimum Gasteiger partial charge on any atom is -0.466 e. The third-order valence-electron chi connectivity index (χ3n) is 5.33. The van der Waals surface area contributed by atoms with Crippen LogP contribution in [0.2, 0.25) is 0 Å². The van der Waals surface area contributed by atoms with Crippen LogP contribution in [0.4, 0.5) is 5.95 Å². The highest BCUT2D eigenvalue weighted by Crippen LogP contribution is 2.31. The molecule has 0 bridgehead atoms. The van der Waals surface area contributed by atoms with Gasteiger partial charge in [-0.1, -0.05) is 30.0 Å². The number of aryl methyl sites for hydroxylation is 2. The number of hydrogen-bond donors (Lipinski definition) is 0. The fourth-order valence-electron chi connectivity index (χ4n) is 3.85. The third kappa shape index (κ3) is 4.10. The summed E-state index contributed by atoms with van der Waals surface area (Å²) in [7, 11) is 0. The van der Waals surface area contributed by atoms with E-state index in [1.54, 1.807) is 11.8 Å². The quantitative estimate of drug-likeness (QED) is 0.398. The molecule has 0 amide bonds. The van der Waals surface area contributed by atoms with Crippen LogP contribution in [0.25, 0.3) is 17.1 Å². The Hall–Kier alpha value is -3.07. The molecule has 9 heteroatoms. The zero-order valence-corrected chi connectivity index (χ0v) is 18.4. The summed E-state index contributed by atoms with van der Waals surface area (Å²) in [6.07, 6.45) is 3.64. The Balaban J connectivity index is 1.39. The summed E-state index contributed by atoms with van der Waals surface area (Å²) in [5.41, 5.74) is 1.88. The molecule has 31 heavy (non-hydrogen) atoms. The Labute approximate surface area is 184 Å². The largest absolute Gasteiger partial charge is 0.466 e. The van der Waals surface area contributed by atoms with Crippen molar-refractivity contribution in [1.82, 2.24) is 25.0 Å². The number of aromatic nitrogens is 5. The summed E-state index contributed by atoms with van der Waals surface area (Å²) >= 11 is 1.54. The first-order valence-electron chi connectivity index (χ1n) is 10.5. The number of hydrogen-bond acceptors (Lipinski definition) is 8. The van der Waals surface area contributed by atoms with Crippen LogP contribution >= 0.6 is 11.8 Å². The third-order valence-corrected chi connectivity index (χ3v) is 6.25. The van der Waals surface area contributed by atoms with Crippen LogP contribution in [-0.2, 0) is 5.75 Å². The highest BCUT2D eigenvalue weighted by atomic mass is 32.2. The molecule has 0 radical (unpaired) electrons. The SMILES string of the molecule is Cc1cc(-c2nnc(CSc3nnc(N4CCCCC4)n3-c3ccccc3)o2)c(C)o1. The molecular formula is C22H24N6O2S. The molecule has 0 saturated carbocycles. The number of para-hydroxylation sites is 1. The van der Waals surface area contributed by atoms with Crippen LogP contribution in [0.3, 0.4) is 0 Å². The molecule has 1 aliphatic rings. The molecule has 1 aromatic carbocycles. The van der Waals surface area contributed by atoms with Crippen molar-refractivity contribution in [1.29, 1.82) is 0 Å². The second-order valence-electron chi connectivity index (χ2n) is 7.62. The molecule has 0 spiro atoms. The molecule has 1 aliphatic heterocycles. The number of anilines is 1. The van der Waals surface area contributed by atoms with Crippen LogP contribution < -0.4 is 4.90 Å². The van der Waals surface area contributed by atoms with Gasteiger partial charge in [0.1, 0.15) is 11.5 Å². The first-order valence-corrected chi connectivity index (χ1v) is 11.5. The van der Waals surface area contributed by atoms with E-state index in [1.165, 1.54) is 19.3 Å². The van der Waals surface area contributed by atoms with E-state index in [2.05, 4.69) is 42.0 Å². The van der Waals surface area contributed by atoms with Crippen molar-refractivity contribution in [2.45, 2.75) is 44.0 Å². The van der Waals surface area contributed by atoms with Crippen LogP contribution in [0.15, 0.2) is 50.4 Å². The number of rotatable bonds is 6. The van der Waals surface area contributed by atoms with Crippen LogP contribution in [0.1, 0.15) is 36.7 Å². The molecule has 8 nitrogen and oxygen atoms in total. The molecular weight excluding hydrogens is 412 g/mol. The monoisotopic (exact) mass is 436 g/mol. The summed E-state index contributed by atoms with van der Waals surface area (Å²) in [4.78, 5) is 2.32. The summed E-state index contributed by atoms with van der Waals surface area (Å²) in [6, 6.07) is 12.1. The molecule has 1 fully saturated rings. The van der Waals surface area contributed by atoms with Crippen molar-refractivity contribution >= 4 is 17.7 Å². The number of nitrogens with zero attached hydrogens (tertiary/aromatic N) is 6. The van der Waals surface area contributed by atoms with Crippen LogP contribution in [0, 0.1) is 13.8 Å². The van der Waals surface area contributed by atoms with Gasteiger partial charge in [0, 0.05) is 13.1 Å². The lowest BCUT2D eigenvalue weighted by Gasteiger charge is -2.27. The van der Waals surface area contributed by atoms with E-state index in [0.717, 1.165) is 47.0 Å². The molecule has 3 aromatic heterocycles. The second kappa shape index (κ2) is 8.58. The van der Waals surface area contributed by atoms with Gasteiger partial charge in [-0.15, -0.1) is 20.4 Å². The van der Waals surface area contributed by atoms with Crippen molar-refractivity contribution in [3.8, 4) is 17.1 Å². The lowest BCUT2D eigenvalue weighted by atomic mass is 10.1. The molecule has 1 saturated heterocycles. The highest BCUT2D eigenvalue weighted by molar-refractivity contribution is 7.98. The molecule has 0 N–H and O–H groups in total. The normalized spacial score (nSPS) is 14.3. The maximum Gasteiger partial charge on any atom is 0.251 e. The van der Waals surface area contributed by atoms with Gasteiger partial charge in [0.2, 0.25) is 11.8 Å². The minimum absolute atomic E-state index is 0.475. The Kier molecular flexibility index (Phi) is 5.50. The molecule has 4 heterocycles. The predicted molar refractivity (Wildman–Crippen MR) is 118 cm³/mol. The van der Waals surface area contributed by atoms with E-state index in [1.807, 2.05) is 38.1 Å². The standard InChI is InChI=1S/C22H24N6O2S/c1-15-13-18(16(2)29-15)20-24-23-19(30-20)14-31-22-26-25-21(27-11-7-4-8-12-27)28(22)17-9-5-3-6-10-17/h3,5-6,9-10,13H,4,7-8,11-12,14H2,1-2H3. The molecule has 160 valence electrons. The summed E-state index contributed by atoms with van der Waals surface area (Å²) in [6.45, 7) is 5.81. The van der Waals surface area contributed by atoms with E-state index in [0.29, 0.717) is 17.5 Å². The van der Waals surface area contributed by atoms with Crippen molar-refractivity contribution < 1.29 is 8.83 Å². The lowest BCUT2D eigenvalue weighted by Crippen LogP contribution is -2.31. The van der Waals surface area contributed by atoms with Crippen LogP contribution in [0.5, 0.6) is 0 Å². The van der Waals surface area contributed by atoms with E-state index in [-0.39, 0.29) is 0 Å². The fourth-order valence-corrected chi connectivity index (χ4v) is 4.63. The zero-order chi connectivity index (χ0) is 21.2. The zero-order valence-electron chi connectivity index (χ0n) is 17.6. The van der Waals surface area contributed by atoms with Crippen molar-refractivity contribution in [3.63, 3.8) is 0 Å². The Morgan fingerprint density at radius 2 is 1.74 bits per heavy atom. The second-order valence-corrected chi connectivity index (χ2v) is 8.56. The average Bonchev–Trinajstić information content (AvgIpc) is 3.51. The average molecular weight is 437 g/mol. The Morgan fingerprint density at radius 3 is 2.48 bits per heavy atom. The predicted octanol–water partition coefficient (Wildman–Crippen LogP) is 4.81. The van der Waals surface area contributed by atoms with Gasteiger partial charge in [0.15, 0.2) is 5.16 Å². The number of benzene rings is 1. The smallest absolute Gasteiger partial charge is 0.251 e. The van der Waals surface area contributed by atoms with Crippen molar-refractivity contribution in [2.24, 2.45) is 0 Å². The van der Waals surface area contributed by atoms with Gasteiger partial charge in [-0.05, 0) is 51.3 Å². The number of piperidine rings is 1. The van der Waals surface area contributed by atoms with E-state index in [4.69, 9.17) is 8.83 Å². The molecule has 4 aromatic rings. The Bertz CT molecular complexity index is 1160. The summed E-state index contributed by atoms with van der Waals surface area (Å²) < 4.78 is 13.6. The van der Waals surface area contributed by atoms with E-state index in [9.17, 15) is 0 Å². The topological polar surface area (TPSA) is 86.0 Å². The maximum absolute atomic E-state index is 5.88. The van der Waals surface area contributed by atoms with Gasteiger partial charge in [-0.2, -0.15) is 0 Å². The van der Waals surface area contributed by atoms with E-state index >= 15 is 0 Å². The molecule has 5 rings (SSSR count).